The Kier molecular flexibility index (Phi) is 2.70. The minimum absolute atomic E-state index is 0.0644. The molecule has 5 nitrogen and oxygen atoms in total. The fourth-order valence-corrected chi connectivity index (χ4v) is 2.60. The predicted molar refractivity (Wildman–Crippen MR) is 51.8 cm³/mol. The molecule has 0 aliphatic carbocycles. The Balaban J connectivity index is 2.24. The van der Waals surface area contributed by atoms with Crippen molar-refractivity contribution in [3.8, 4) is 0 Å². The lowest BCUT2D eigenvalue weighted by Crippen LogP contribution is -2.44. The molecule has 0 spiro atoms. The quantitative estimate of drug-likeness (QED) is 0.654. The van der Waals surface area contributed by atoms with E-state index in [4.69, 9.17) is 9.57 Å². The molecule has 0 aromatic rings. The van der Waals surface area contributed by atoms with Crippen LogP contribution in [0.2, 0.25) is 0 Å². The van der Waals surface area contributed by atoms with Crippen LogP contribution in [0, 0.1) is 5.92 Å². The molecule has 0 aromatic carbocycles. The zero-order chi connectivity index (χ0) is 11.1. The van der Waals surface area contributed by atoms with Crippen molar-refractivity contribution in [2.75, 3.05) is 20.3 Å². The van der Waals surface area contributed by atoms with Gasteiger partial charge in [0, 0.05) is 6.54 Å². The molecule has 15 heavy (non-hydrogen) atoms. The first-order valence-corrected chi connectivity index (χ1v) is 5.27. The lowest BCUT2D eigenvalue weighted by molar-refractivity contribution is -0.205. The van der Waals surface area contributed by atoms with Gasteiger partial charge in [0.15, 0.2) is 0 Å². The van der Waals surface area contributed by atoms with Gasteiger partial charge in [0.25, 0.3) is 0 Å². The zero-order valence-electron chi connectivity index (χ0n) is 9.10. The van der Waals surface area contributed by atoms with Crippen molar-refractivity contribution in [2.45, 2.75) is 31.4 Å². The molecule has 0 radical (unpaired) electrons. The maximum Gasteiger partial charge on any atom is 0.313 e. The molecule has 0 aromatic heterocycles. The van der Waals surface area contributed by atoms with Gasteiger partial charge in [0.05, 0.1) is 19.8 Å². The van der Waals surface area contributed by atoms with Crippen molar-refractivity contribution < 1.29 is 19.5 Å². The second kappa shape index (κ2) is 3.73. The second-order valence-electron chi connectivity index (χ2n) is 4.41. The van der Waals surface area contributed by atoms with Gasteiger partial charge < -0.3 is 9.84 Å². The molecule has 0 amide bonds. The molecule has 2 rings (SSSR count). The van der Waals surface area contributed by atoms with E-state index < -0.39 is 5.60 Å². The first kappa shape index (κ1) is 10.9. The van der Waals surface area contributed by atoms with Crippen LogP contribution >= 0.6 is 0 Å². The Bertz CT molecular complexity index is 270. The lowest BCUT2D eigenvalue weighted by atomic mass is 9.84. The van der Waals surface area contributed by atoms with Crippen LogP contribution in [0.25, 0.3) is 0 Å². The van der Waals surface area contributed by atoms with Gasteiger partial charge in [-0.2, -0.15) is 5.06 Å². The molecule has 2 saturated heterocycles. The molecule has 0 saturated carbocycles. The topological polar surface area (TPSA) is 59.0 Å². The third kappa shape index (κ3) is 1.55. The maximum atomic E-state index is 11.7. The third-order valence-electron chi connectivity index (χ3n) is 3.39. The smallest absolute Gasteiger partial charge is 0.313 e. The summed E-state index contributed by atoms with van der Waals surface area (Å²) in [4.78, 5) is 17.3. The maximum absolute atomic E-state index is 11.7. The van der Waals surface area contributed by atoms with Gasteiger partial charge in [-0.05, 0) is 19.8 Å². The van der Waals surface area contributed by atoms with Gasteiger partial charge >= 0.3 is 5.97 Å². The number of aliphatic hydroxyl groups excluding tert-OH is 1. The third-order valence-corrected chi connectivity index (χ3v) is 3.39. The number of aliphatic hydroxyl groups is 1. The summed E-state index contributed by atoms with van der Waals surface area (Å²) in [7, 11) is 1.37. The minimum Gasteiger partial charge on any atom is -0.469 e. The molecule has 0 unspecified atom stereocenters. The summed E-state index contributed by atoms with van der Waals surface area (Å²) < 4.78 is 4.78. The average molecular weight is 215 g/mol. The molecule has 1 N–H and O–H groups in total. The fraction of sp³-hybridized carbons (Fsp3) is 0.900. The summed E-state index contributed by atoms with van der Waals surface area (Å²) in [5.41, 5.74) is -0.821. The number of fused-ring (bicyclic) bond motifs is 1. The monoisotopic (exact) mass is 215 g/mol. The highest BCUT2D eigenvalue weighted by Gasteiger charge is 2.56. The molecule has 0 bridgehead atoms. The molecule has 5 heteroatoms. The van der Waals surface area contributed by atoms with Crippen molar-refractivity contribution >= 4 is 5.97 Å². The van der Waals surface area contributed by atoms with Crippen molar-refractivity contribution in [1.82, 2.24) is 5.06 Å². The first-order valence-electron chi connectivity index (χ1n) is 5.27. The molecular weight excluding hydrogens is 198 g/mol. The van der Waals surface area contributed by atoms with E-state index in [9.17, 15) is 9.90 Å². The van der Waals surface area contributed by atoms with Gasteiger partial charge in [-0.25, -0.2) is 0 Å². The molecule has 2 aliphatic rings. The first-order chi connectivity index (χ1) is 7.12. The Labute approximate surface area is 88.9 Å². The highest BCUT2D eigenvalue weighted by molar-refractivity contribution is 5.75. The molecule has 2 heterocycles. The summed E-state index contributed by atoms with van der Waals surface area (Å²) >= 11 is 0. The molecular formula is C10H17NO4. The predicted octanol–water partition coefficient (Wildman–Crippen LogP) is -0.0638. The van der Waals surface area contributed by atoms with E-state index >= 15 is 0 Å². The summed E-state index contributed by atoms with van der Waals surface area (Å²) in [5, 5.41) is 11.2. The fourth-order valence-electron chi connectivity index (χ4n) is 2.60. The lowest BCUT2D eigenvalue weighted by Gasteiger charge is -2.26. The largest absolute Gasteiger partial charge is 0.469 e. The van der Waals surface area contributed by atoms with Gasteiger partial charge in [-0.3, -0.25) is 9.63 Å². The van der Waals surface area contributed by atoms with E-state index in [0.29, 0.717) is 0 Å². The highest BCUT2D eigenvalue weighted by atomic mass is 16.7. The Morgan fingerprint density at radius 1 is 1.73 bits per heavy atom. The van der Waals surface area contributed by atoms with E-state index in [1.807, 2.05) is 5.06 Å². The summed E-state index contributed by atoms with van der Waals surface area (Å²) in [6.45, 7) is 2.42. The number of carbonyl (C=O) groups is 1. The second-order valence-corrected chi connectivity index (χ2v) is 4.41. The average Bonchev–Trinajstić information content (AvgIpc) is 2.75. The van der Waals surface area contributed by atoms with Crippen molar-refractivity contribution in [3.05, 3.63) is 0 Å². The summed E-state index contributed by atoms with van der Waals surface area (Å²) in [5.74, 6) is -0.670. The van der Waals surface area contributed by atoms with Crippen LogP contribution in [0.5, 0.6) is 0 Å². The van der Waals surface area contributed by atoms with Crippen LogP contribution in [0.1, 0.15) is 19.8 Å². The number of rotatable bonds is 2. The number of carbonyl (C=O) groups excluding carboxylic acids is 1. The highest BCUT2D eigenvalue weighted by Crippen LogP contribution is 2.42. The van der Waals surface area contributed by atoms with E-state index in [0.717, 1.165) is 19.4 Å². The Morgan fingerprint density at radius 3 is 3.07 bits per heavy atom. The Morgan fingerprint density at radius 2 is 2.47 bits per heavy atom. The van der Waals surface area contributed by atoms with E-state index in [1.54, 1.807) is 6.92 Å². The molecule has 2 aliphatic heterocycles. The van der Waals surface area contributed by atoms with Crippen molar-refractivity contribution in [1.29, 1.82) is 0 Å². The number of nitrogens with zero attached hydrogens (tertiary/aromatic N) is 1. The number of hydroxylamine groups is 2. The van der Waals surface area contributed by atoms with Gasteiger partial charge in [-0.15, -0.1) is 0 Å². The number of ether oxygens (including phenoxy) is 1. The van der Waals surface area contributed by atoms with Crippen LogP contribution in [-0.4, -0.2) is 48.0 Å². The van der Waals surface area contributed by atoms with Crippen molar-refractivity contribution in [3.63, 3.8) is 0 Å². The Hall–Kier alpha value is -0.650. The number of hydrogen-bond donors (Lipinski definition) is 1. The summed E-state index contributed by atoms with van der Waals surface area (Å²) in [6, 6.07) is 0.0644. The number of methoxy groups -OCH3 is 1. The standard InChI is InChI=1S/C10H17NO4/c1-10(6-12)8(9(13)14-2)7-4-3-5-11(7)15-10/h7-8,12H,3-6H2,1-2H3/t7-,8+,10+/m0/s1. The zero-order valence-corrected chi connectivity index (χ0v) is 9.10. The van der Waals surface area contributed by atoms with Gasteiger partial charge in [0.1, 0.15) is 11.5 Å². The van der Waals surface area contributed by atoms with Gasteiger partial charge in [0.2, 0.25) is 0 Å². The van der Waals surface area contributed by atoms with Gasteiger partial charge in [-0.1, -0.05) is 0 Å². The molecule has 3 atom stereocenters. The SMILES string of the molecule is COC(=O)[C@H]1[C@@H]2CCCN2O[C@]1(C)CO. The van der Waals surface area contributed by atoms with Crippen LogP contribution in [0.4, 0.5) is 0 Å². The molecule has 2 fully saturated rings. The van der Waals surface area contributed by atoms with E-state index in [-0.39, 0.29) is 24.5 Å². The van der Waals surface area contributed by atoms with Crippen LogP contribution in [0.3, 0.4) is 0 Å². The normalized spacial score (nSPS) is 40.5. The number of esters is 1. The van der Waals surface area contributed by atoms with Crippen LogP contribution in [-0.2, 0) is 14.4 Å². The summed E-state index contributed by atoms with van der Waals surface area (Å²) in [6.07, 6.45) is 1.95. The van der Waals surface area contributed by atoms with E-state index in [1.165, 1.54) is 7.11 Å². The van der Waals surface area contributed by atoms with Crippen LogP contribution in [0.15, 0.2) is 0 Å². The minimum atomic E-state index is -0.821. The number of hydrogen-bond acceptors (Lipinski definition) is 5. The van der Waals surface area contributed by atoms with Crippen molar-refractivity contribution in [2.24, 2.45) is 5.92 Å². The van der Waals surface area contributed by atoms with E-state index in [2.05, 4.69) is 0 Å². The van der Waals surface area contributed by atoms with Crippen LogP contribution < -0.4 is 0 Å². The molecule has 86 valence electrons.